The van der Waals surface area contributed by atoms with E-state index in [1.807, 2.05) is 36.9 Å². The molecular formula is C20H31Cl2N3O3. The zero-order valence-corrected chi connectivity index (χ0v) is 18.3. The zero-order valence-electron chi connectivity index (χ0n) is 16.7. The molecule has 0 bridgehead atoms. The molecular weight excluding hydrogens is 401 g/mol. The minimum Gasteiger partial charge on any atom is -0.496 e. The number of piperidine rings is 1. The molecule has 28 heavy (non-hydrogen) atoms. The number of methoxy groups -OCH3 is 1. The number of carbonyl (C=O) groups excluding carboxylic acids is 2. The Morgan fingerprint density at radius 1 is 1.39 bits per heavy atom. The van der Waals surface area contributed by atoms with Crippen LogP contribution >= 0.6 is 24.0 Å². The van der Waals surface area contributed by atoms with Gasteiger partial charge in [-0.25, -0.2) is 0 Å². The van der Waals surface area contributed by atoms with Crippen molar-refractivity contribution in [1.29, 1.82) is 0 Å². The number of amides is 2. The van der Waals surface area contributed by atoms with Gasteiger partial charge in [0.15, 0.2) is 0 Å². The molecule has 1 aliphatic rings. The van der Waals surface area contributed by atoms with Crippen LogP contribution in [0, 0.1) is 11.8 Å². The third-order valence-electron chi connectivity index (χ3n) is 5.06. The van der Waals surface area contributed by atoms with Gasteiger partial charge in [-0.15, -0.1) is 12.4 Å². The van der Waals surface area contributed by atoms with Crippen molar-refractivity contribution in [2.24, 2.45) is 17.6 Å². The fourth-order valence-electron chi connectivity index (χ4n) is 3.37. The monoisotopic (exact) mass is 431 g/mol. The first kappa shape index (κ1) is 24.5. The van der Waals surface area contributed by atoms with Gasteiger partial charge in [0.1, 0.15) is 5.75 Å². The first-order valence-electron chi connectivity index (χ1n) is 9.45. The topological polar surface area (TPSA) is 84.7 Å². The summed E-state index contributed by atoms with van der Waals surface area (Å²) < 4.78 is 5.42. The van der Waals surface area contributed by atoms with Crippen molar-refractivity contribution in [2.45, 2.75) is 39.2 Å². The van der Waals surface area contributed by atoms with Crippen molar-refractivity contribution in [3.8, 4) is 5.75 Å². The molecule has 2 amide bonds. The predicted molar refractivity (Wildman–Crippen MR) is 114 cm³/mol. The molecule has 1 heterocycles. The van der Waals surface area contributed by atoms with E-state index in [0.29, 0.717) is 24.0 Å². The number of hydrogen-bond acceptors (Lipinski definition) is 4. The average Bonchev–Trinajstić information content (AvgIpc) is 2.65. The highest BCUT2D eigenvalue weighted by Gasteiger charge is 2.25. The van der Waals surface area contributed by atoms with Gasteiger partial charge in [-0.05, 0) is 54.9 Å². The van der Waals surface area contributed by atoms with Gasteiger partial charge < -0.3 is 20.7 Å². The Balaban J connectivity index is 0.00000392. The fraction of sp³-hybridized carbons (Fsp3) is 0.600. The Morgan fingerprint density at radius 2 is 2.11 bits per heavy atom. The first-order chi connectivity index (χ1) is 12.8. The summed E-state index contributed by atoms with van der Waals surface area (Å²) in [4.78, 5) is 26.3. The van der Waals surface area contributed by atoms with Gasteiger partial charge in [-0.2, -0.15) is 0 Å². The highest BCUT2D eigenvalue weighted by atomic mass is 35.5. The average molecular weight is 432 g/mol. The largest absolute Gasteiger partial charge is 0.496 e. The highest BCUT2D eigenvalue weighted by molar-refractivity contribution is 6.30. The number of nitrogens with one attached hydrogen (secondary N) is 1. The van der Waals surface area contributed by atoms with Crippen LogP contribution in [0.15, 0.2) is 18.2 Å². The van der Waals surface area contributed by atoms with Crippen LogP contribution in [0.25, 0.3) is 0 Å². The van der Waals surface area contributed by atoms with Crippen LogP contribution in [0.5, 0.6) is 5.75 Å². The molecule has 158 valence electrons. The van der Waals surface area contributed by atoms with E-state index in [-0.39, 0.29) is 36.7 Å². The van der Waals surface area contributed by atoms with Crippen LogP contribution in [0.3, 0.4) is 0 Å². The Labute approximate surface area is 178 Å². The lowest BCUT2D eigenvalue weighted by atomic mass is 9.91. The highest BCUT2D eigenvalue weighted by Crippen LogP contribution is 2.28. The van der Waals surface area contributed by atoms with Gasteiger partial charge in [0, 0.05) is 18.1 Å². The van der Waals surface area contributed by atoms with Crippen LogP contribution in [0.2, 0.25) is 5.02 Å². The molecule has 1 aromatic rings. The third kappa shape index (κ3) is 6.83. The molecule has 0 aliphatic carbocycles. The number of nitrogens with two attached hydrogens (primary N) is 1. The molecule has 0 saturated carbocycles. The summed E-state index contributed by atoms with van der Waals surface area (Å²) in [6, 6.07) is 5.01. The predicted octanol–water partition coefficient (Wildman–Crippen LogP) is 2.65. The molecule has 1 unspecified atom stereocenters. The van der Waals surface area contributed by atoms with Crippen LogP contribution in [-0.4, -0.2) is 49.5 Å². The lowest BCUT2D eigenvalue weighted by Gasteiger charge is -2.33. The number of ether oxygens (including phenoxy) is 1. The second-order valence-corrected chi connectivity index (χ2v) is 7.93. The Morgan fingerprint density at radius 3 is 2.75 bits per heavy atom. The Hall–Kier alpha value is -1.50. The maximum absolute atomic E-state index is 12.5. The minimum absolute atomic E-state index is 0. The zero-order chi connectivity index (χ0) is 20.0. The summed E-state index contributed by atoms with van der Waals surface area (Å²) in [5.41, 5.74) is 6.87. The molecule has 3 N–H and O–H groups in total. The summed E-state index contributed by atoms with van der Waals surface area (Å²) >= 11 is 6.12. The van der Waals surface area contributed by atoms with Gasteiger partial charge >= 0.3 is 0 Å². The molecule has 6 nitrogen and oxygen atoms in total. The lowest BCUT2D eigenvalue weighted by Crippen LogP contribution is -2.49. The van der Waals surface area contributed by atoms with Crippen LogP contribution in [-0.2, 0) is 16.0 Å². The lowest BCUT2D eigenvalue weighted by molar-refractivity contribution is -0.134. The van der Waals surface area contributed by atoms with Crippen molar-refractivity contribution in [3.05, 3.63) is 28.8 Å². The third-order valence-corrected chi connectivity index (χ3v) is 5.29. The number of hydrogen-bond donors (Lipinski definition) is 2. The molecule has 8 heteroatoms. The van der Waals surface area contributed by atoms with E-state index in [0.717, 1.165) is 30.6 Å². The number of carbonyl (C=O) groups is 2. The van der Waals surface area contributed by atoms with Gasteiger partial charge in [0.2, 0.25) is 11.8 Å². The standard InChI is InChI=1S/C20H30ClN3O3.ClH/c1-13(2)19(22)20(26)23-11-18(25)24-8-4-5-14(12-24)9-15-10-16(21)6-7-17(15)27-3;/h6-7,10,13-14,19H,4-5,8-9,11-12,22H2,1-3H3,(H,23,26);1H/t14?,19-;/m0./s1. The Kier molecular flexibility index (Phi) is 10.1. The van der Waals surface area contributed by atoms with E-state index in [2.05, 4.69) is 5.32 Å². The van der Waals surface area contributed by atoms with Crippen molar-refractivity contribution >= 4 is 35.8 Å². The van der Waals surface area contributed by atoms with Crippen LogP contribution in [0.1, 0.15) is 32.3 Å². The van der Waals surface area contributed by atoms with E-state index >= 15 is 0 Å². The summed E-state index contributed by atoms with van der Waals surface area (Å²) in [7, 11) is 1.65. The normalized spacial score (nSPS) is 17.6. The smallest absolute Gasteiger partial charge is 0.241 e. The van der Waals surface area contributed by atoms with E-state index < -0.39 is 6.04 Å². The summed E-state index contributed by atoms with van der Waals surface area (Å²) in [5.74, 6) is 0.839. The maximum atomic E-state index is 12.5. The van der Waals surface area contributed by atoms with Gasteiger partial charge in [0.05, 0.1) is 19.7 Å². The number of rotatable bonds is 7. The quantitative estimate of drug-likeness (QED) is 0.694. The maximum Gasteiger partial charge on any atom is 0.241 e. The fourth-order valence-corrected chi connectivity index (χ4v) is 3.57. The van der Waals surface area contributed by atoms with Crippen LogP contribution in [0.4, 0.5) is 0 Å². The SMILES string of the molecule is COc1ccc(Cl)cc1CC1CCCN(C(=O)CNC(=O)[C@@H](N)C(C)C)C1.Cl. The Bertz CT molecular complexity index is 670. The number of likely N-dealkylation sites (tertiary alicyclic amines) is 1. The summed E-state index contributed by atoms with van der Waals surface area (Å²) in [6.07, 6.45) is 2.79. The van der Waals surface area contributed by atoms with E-state index in [4.69, 9.17) is 22.1 Å². The summed E-state index contributed by atoms with van der Waals surface area (Å²) in [6.45, 7) is 5.14. The molecule has 1 aromatic carbocycles. The molecule has 1 fully saturated rings. The van der Waals surface area contributed by atoms with Gasteiger partial charge in [-0.3, -0.25) is 9.59 Å². The van der Waals surface area contributed by atoms with Gasteiger partial charge in [-0.1, -0.05) is 25.4 Å². The van der Waals surface area contributed by atoms with E-state index in [1.165, 1.54) is 0 Å². The molecule has 1 aliphatic heterocycles. The van der Waals surface area contributed by atoms with Crippen molar-refractivity contribution in [1.82, 2.24) is 10.2 Å². The van der Waals surface area contributed by atoms with Crippen molar-refractivity contribution < 1.29 is 14.3 Å². The first-order valence-corrected chi connectivity index (χ1v) is 9.83. The molecule has 0 aromatic heterocycles. The van der Waals surface area contributed by atoms with Crippen LogP contribution < -0.4 is 15.8 Å². The number of benzene rings is 1. The minimum atomic E-state index is -0.595. The molecule has 1 saturated heterocycles. The molecule has 2 atom stereocenters. The molecule has 0 spiro atoms. The van der Waals surface area contributed by atoms with Crippen molar-refractivity contribution in [3.63, 3.8) is 0 Å². The van der Waals surface area contributed by atoms with Gasteiger partial charge in [0.25, 0.3) is 0 Å². The second kappa shape index (κ2) is 11.5. The second-order valence-electron chi connectivity index (χ2n) is 7.50. The molecule has 0 radical (unpaired) electrons. The summed E-state index contributed by atoms with van der Waals surface area (Å²) in [5, 5.41) is 3.34. The van der Waals surface area contributed by atoms with E-state index in [1.54, 1.807) is 7.11 Å². The number of halogens is 2. The number of nitrogens with zero attached hydrogens (tertiary/aromatic N) is 1. The molecule has 2 rings (SSSR count). The van der Waals surface area contributed by atoms with E-state index in [9.17, 15) is 9.59 Å². The van der Waals surface area contributed by atoms with Crippen molar-refractivity contribution in [2.75, 3.05) is 26.7 Å².